The largest absolute Gasteiger partial charge is 0.0683 e. The third-order valence-electron chi connectivity index (χ3n) is 3.08. The summed E-state index contributed by atoms with van der Waals surface area (Å²) in [6, 6.07) is 13.3. The second-order valence-corrected chi connectivity index (χ2v) is 4.64. The van der Waals surface area contributed by atoms with E-state index >= 15 is 0 Å². The number of hydrogen-bond donors (Lipinski definition) is 0. The molecule has 96 valence electrons. The summed E-state index contributed by atoms with van der Waals surface area (Å²) in [4.78, 5) is 0. The van der Waals surface area contributed by atoms with Gasteiger partial charge >= 0.3 is 0 Å². The van der Waals surface area contributed by atoms with Crippen LogP contribution < -0.4 is 0 Å². The summed E-state index contributed by atoms with van der Waals surface area (Å²) in [5, 5.41) is 0. The summed E-state index contributed by atoms with van der Waals surface area (Å²) < 4.78 is 0. The number of hydrogen-bond acceptors (Lipinski definition) is 0. The van der Waals surface area contributed by atoms with Crippen LogP contribution in [-0.2, 0) is 0 Å². The molecule has 0 bridgehead atoms. The van der Waals surface area contributed by atoms with Gasteiger partial charge in [0.1, 0.15) is 0 Å². The van der Waals surface area contributed by atoms with E-state index < -0.39 is 0 Å². The Bertz CT molecular complexity index is 472. The molecular weight excluding hydrogens is 216 g/mol. The minimum atomic E-state index is 1.32. The second kappa shape index (κ2) is 6.39. The van der Waals surface area contributed by atoms with Gasteiger partial charge in [0.05, 0.1) is 0 Å². The Morgan fingerprint density at radius 1 is 0.556 bits per heavy atom. The third-order valence-corrected chi connectivity index (χ3v) is 3.08. The fraction of sp³-hybridized carbons (Fsp3) is 0.333. The number of aryl methyl sites for hydroxylation is 4. The van der Waals surface area contributed by atoms with Crippen LogP contribution in [0.3, 0.4) is 0 Å². The molecule has 0 spiro atoms. The van der Waals surface area contributed by atoms with Crippen LogP contribution in [0.25, 0.3) is 11.1 Å². The highest BCUT2D eigenvalue weighted by Gasteiger charge is 2.05. The van der Waals surface area contributed by atoms with Gasteiger partial charge in [-0.25, -0.2) is 0 Å². The van der Waals surface area contributed by atoms with Gasteiger partial charge in [-0.15, -0.1) is 0 Å². The molecule has 18 heavy (non-hydrogen) atoms. The minimum absolute atomic E-state index is 1.32. The van der Waals surface area contributed by atoms with Crippen molar-refractivity contribution in [1.82, 2.24) is 0 Å². The highest BCUT2D eigenvalue weighted by molar-refractivity contribution is 5.71. The Morgan fingerprint density at radius 3 is 1.22 bits per heavy atom. The van der Waals surface area contributed by atoms with Crippen LogP contribution in [0.15, 0.2) is 36.4 Å². The maximum atomic E-state index is 2.27. The first-order chi connectivity index (χ1) is 8.58. The van der Waals surface area contributed by atoms with Crippen molar-refractivity contribution in [2.45, 2.75) is 41.5 Å². The Balaban J connectivity index is 0.000000771. The molecule has 0 heteroatoms. The summed E-state index contributed by atoms with van der Waals surface area (Å²) in [7, 11) is 0. The normalized spacial score (nSPS) is 9.67. The first kappa shape index (κ1) is 14.5. The first-order valence-electron chi connectivity index (χ1n) is 6.73. The molecule has 0 amide bonds. The SMILES string of the molecule is CC.Cc1ccc(C)c(-c2cc(C)ccc2C)c1. The Kier molecular flexibility index (Phi) is 5.15. The van der Waals surface area contributed by atoms with Gasteiger partial charge in [0.15, 0.2) is 0 Å². The van der Waals surface area contributed by atoms with Gasteiger partial charge in [-0.1, -0.05) is 61.4 Å². The Morgan fingerprint density at radius 2 is 0.889 bits per heavy atom. The summed E-state index contributed by atoms with van der Waals surface area (Å²) >= 11 is 0. The minimum Gasteiger partial charge on any atom is -0.0683 e. The van der Waals surface area contributed by atoms with Crippen molar-refractivity contribution < 1.29 is 0 Å². The Labute approximate surface area is 112 Å². The topological polar surface area (TPSA) is 0 Å². The first-order valence-corrected chi connectivity index (χ1v) is 6.73. The molecule has 0 unspecified atom stereocenters. The molecule has 0 aromatic heterocycles. The maximum Gasteiger partial charge on any atom is -0.0149 e. The lowest BCUT2D eigenvalue weighted by Crippen LogP contribution is -1.89. The lowest BCUT2D eigenvalue weighted by atomic mass is 9.94. The van der Waals surface area contributed by atoms with Gasteiger partial charge in [0, 0.05) is 0 Å². The van der Waals surface area contributed by atoms with E-state index in [2.05, 4.69) is 64.1 Å². The average molecular weight is 240 g/mol. The van der Waals surface area contributed by atoms with Crippen molar-refractivity contribution in [3.63, 3.8) is 0 Å². The van der Waals surface area contributed by atoms with Gasteiger partial charge in [-0.2, -0.15) is 0 Å². The highest BCUT2D eigenvalue weighted by Crippen LogP contribution is 2.28. The molecule has 0 atom stereocenters. The quantitative estimate of drug-likeness (QED) is 0.607. The van der Waals surface area contributed by atoms with Crippen molar-refractivity contribution in [1.29, 1.82) is 0 Å². The fourth-order valence-electron chi connectivity index (χ4n) is 2.05. The zero-order valence-electron chi connectivity index (χ0n) is 12.5. The van der Waals surface area contributed by atoms with E-state index in [4.69, 9.17) is 0 Å². The molecule has 0 saturated heterocycles. The summed E-state index contributed by atoms with van der Waals surface area (Å²) in [5.41, 5.74) is 8.06. The predicted octanol–water partition coefficient (Wildman–Crippen LogP) is 5.61. The van der Waals surface area contributed by atoms with Crippen molar-refractivity contribution >= 4 is 0 Å². The van der Waals surface area contributed by atoms with E-state index in [0.29, 0.717) is 0 Å². The molecule has 0 saturated carbocycles. The van der Waals surface area contributed by atoms with Crippen LogP contribution in [-0.4, -0.2) is 0 Å². The molecule has 0 aliphatic carbocycles. The van der Waals surface area contributed by atoms with E-state index in [1.54, 1.807) is 0 Å². The fourth-order valence-corrected chi connectivity index (χ4v) is 2.05. The van der Waals surface area contributed by atoms with Gasteiger partial charge in [-0.3, -0.25) is 0 Å². The van der Waals surface area contributed by atoms with E-state index in [0.717, 1.165) is 0 Å². The molecule has 2 aromatic carbocycles. The van der Waals surface area contributed by atoms with Crippen LogP contribution >= 0.6 is 0 Å². The van der Waals surface area contributed by atoms with E-state index in [9.17, 15) is 0 Å². The summed E-state index contributed by atoms with van der Waals surface area (Å²) in [5.74, 6) is 0. The molecule has 0 nitrogen and oxygen atoms in total. The molecule has 0 aliphatic rings. The Hall–Kier alpha value is -1.56. The zero-order chi connectivity index (χ0) is 13.7. The molecule has 0 N–H and O–H groups in total. The van der Waals surface area contributed by atoms with Crippen LogP contribution in [0.4, 0.5) is 0 Å². The lowest BCUT2D eigenvalue weighted by Gasteiger charge is -2.11. The third kappa shape index (κ3) is 3.22. The second-order valence-electron chi connectivity index (χ2n) is 4.64. The molecule has 0 fully saturated rings. The van der Waals surface area contributed by atoms with Crippen molar-refractivity contribution in [3.05, 3.63) is 58.7 Å². The van der Waals surface area contributed by atoms with E-state index in [1.807, 2.05) is 13.8 Å². The maximum absolute atomic E-state index is 2.27. The predicted molar refractivity (Wildman–Crippen MR) is 82.2 cm³/mol. The van der Waals surface area contributed by atoms with E-state index in [-0.39, 0.29) is 0 Å². The van der Waals surface area contributed by atoms with Gasteiger partial charge in [0.25, 0.3) is 0 Å². The molecule has 0 radical (unpaired) electrons. The zero-order valence-corrected chi connectivity index (χ0v) is 12.5. The van der Waals surface area contributed by atoms with Crippen LogP contribution in [0.5, 0.6) is 0 Å². The smallest absolute Gasteiger partial charge is 0.0149 e. The van der Waals surface area contributed by atoms with Gasteiger partial charge < -0.3 is 0 Å². The van der Waals surface area contributed by atoms with Crippen LogP contribution in [0.2, 0.25) is 0 Å². The summed E-state index contributed by atoms with van der Waals surface area (Å²) in [6.07, 6.45) is 0. The lowest BCUT2D eigenvalue weighted by molar-refractivity contribution is 1.35. The molecule has 0 aliphatic heterocycles. The molecule has 0 heterocycles. The molecule has 2 aromatic rings. The standard InChI is InChI=1S/C16H18.C2H6/c1-11-5-7-13(3)15(9-11)16-10-12(2)6-8-14(16)4;1-2/h5-10H,1-4H3;1-2H3. The monoisotopic (exact) mass is 240 g/mol. The highest BCUT2D eigenvalue weighted by atomic mass is 14.1. The van der Waals surface area contributed by atoms with Gasteiger partial charge in [-0.05, 0) is 49.9 Å². The number of benzene rings is 2. The molecule has 2 rings (SSSR count). The van der Waals surface area contributed by atoms with E-state index in [1.165, 1.54) is 33.4 Å². The van der Waals surface area contributed by atoms with Crippen LogP contribution in [0, 0.1) is 27.7 Å². The average Bonchev–Trinajstić information content (AvgIpc) is 2.38. The number of rotatable bonds is 1. The van der Waals surface area contributed by atoms with Crippen molar-refractivity contribution in [2.24, 2.45) is 0 Å². The molecular formula is C18H24. The van der Waals surface area contributed by atoms with Crippen molar-refractivity contribution in [2.75, 3.05) is 0 Å². The van der Waals surface area contributed by atoms with Crippen LogP contribution in [0.1, 0.15) is 36.1 Å². The summed E-state index contributed by atoms with van der Waals surface area (Å²) in [6.45, 7) is 12.6. The van der Waals surface area contributed by atoms with Crippen molar-refractivity contribution in [3.8, 4) is 11.1 Å². The van der Waals surface area contributed by atoms with Gasteiger partial charge in [0.2, 0.25) is 0 Å².